The highest BCUT2D eigenvalue weighted by atomic mass is 35.5. The normalized spacial score (nSPS) is 11.3. The fraction of sp³-hybridized carbons (Fsp3) is 0.455. The van der Waals surface area contributed by atoms with Gasteiger partial charge in [0.15, 0.2) is 0 Å². The number of halogens is 1. The first-order chi connectivity index (χ1) is 7.17. The monoisotopic (exact) mass is 229 g/mol. The van der Waals surface area contributed by atoms with Crippen molar-refractivity contribution >= 4 is 11.6 Å². The minimum absolute atomic E-state index is 0.0411. The summed E-state index contributed by atoms with van der Waals surface area (Å²) in [4.78, 5) is 1.91. The molecule has 1 rings (SSSR count). The lowest BCUT2D eigenvalue weighted by atomic mass is 10.2. The van der Waals surface area contributed by atoms with Gasteiger partial charge in [0.2, 0.25) is 0 Å². The van der Waals surface area contributed by atoms with Gasteiger partial charge in [-0.25, -0.2) is 0 Å². The minimum Gasteiger partial charge on any atom is -0.395 e. The van der Waals surface area contributed by atoms with Crippen LogP contribution in [0.25, 0.3) is 0 Å². The standard InChI is InChI=1S/C11H16ClNO2/c1-13(11(7-14)8-15)6-9-2-4-10(12)5-3-9/h2-5,11,14-15H,6-8H2,1H3. The van der Waals surface area contributed by atoms with E-state index >= 15 is 0 Å². The Morgan fingerprint density at radius 2 is 1.73 bits per heavy atom. The number of likely N-dealkylation sites (N-methyl/N-ethyl adjacent to an activating group) is 1. The van der Waals surface area contributed by atoms with Gasteiger partial charge in [-0.3, -0.25) is 4.90 Å². The fourth-order valence-electron chi connectivity index (χ4n) is 1.34. The summed E-state index contributed by atoms with van der Waals surface area (Å²) in [5.41, 5.74) is 1.11. The van der Waals surface area contributed by atoms with E-state index in [1.54, 1.807) is 0 Å². The highest BCUT2D eigenvalue weighted by Crippen LogP contribution is 2.11. The van der Waals surface area contributed by atoms with Gasteiger partial charge in [-0.05, 0) is 24.7 Å². The lowest BCUT2D eigenvalue weighted by molar-refractivity contribution is 0.0874. The Morgan fingerprint density at radius 3 is 2.20 bits per heavy atom. The summed E-state index contributed by atoms with van der Waals surface area (Å²) in [6, 6.07) is 7.32. The Morgan fingerprint density at radius 1 is 1.20 bits per heavy atom. The summed E-state index contributed by atoms with van der Waals surface area (Å²) in [6.07, 6.45) is 0. The number of benzene rings is 1. The van der Waals surface area contributed by atoms with E-state index in [2.05, 4.69) is 0 Å². The van der Waals surface area contributed by atoms with Crippen LogP contribution in [-0.4, -0.2) is 41.4 Å². The minimum atomic E-state index is -0.208. The second-order valence-electron chi connectivity index (χ2n) is 3.56. The van der Waals surface area contributed by atoms with Crippen LogP contribution in [0.5, 0.6) is 0 Å². The van der Waals surface area contributed by atoms with E-state index < -0.39 is 0 Å². The Kier molecular flexibility index (Phi) is 5.05. The molecule has 0 radical (unpaired) electrons. The Balaban J connectivity index is 2.57. The molecule has 1 aromatic carbocycles. The second kappa shape index (κ2) is 6.08. The largest absolute Gasteiger partial charge is 0.395 e. The molecular weight excluding hydrogens is 214 g/mol. The van der Waals surface area contributed by atoms with Crippen molar-refractivity contribution in [3.05, 3.63) is 34.9 Å². The van der Waals surface area contributed by atoms with Crippen LogP contribution in [0.3, 0.4) is 0 Å². The molecule has 0 atom stereocenters. The van der Waals surface area contributed by atoms with Crippen molar-refractivity contribution in [3.63, 3.8) is 0 Å². The molecule has 0 heterocycles. The highest BCUT2D eigenvalue weighted by Gasteiger charge is 2.12. The third kappa shape index (κ3) is 3.80. The van der Waals surface area contributed by atoms with Gasteiger partial charge in [0.05, 0.1) is 19.3 Å². The molecular formula is C11H16ClNO2. The maximum atomic E-state index is 9.00. The Hall–Kier alpha value is -0.610. The summed E-state index contributed by atoms with van der Waals surface area (Å²) in [5, 5.41) is 18.7. The second-order valence-corrected chi connectivity index (χ2v) is 4.00. The molecule has 0 aliphatic heterocycles. The van der Waals surface area contributed by atoms with E-state index in [1.165, 1.54) is 0 Å². The summed E-state index contributed by atoms with van der Waals surface area (Å²) in [6.45, 7) is 0.601. The SMILES string of the molecule is CN(Cc1ccc(Cl)cc1)C(CO)CO. The number of aliphatic hydroxyl groups is 2. The van der Waals surface area contributed by atoms with Crippen molar-refractivity contribution in [1.82, 2.24) is 4.90 Å². The van der Waals surface area contributed by atoms with Gasteiger partial charge in [-0.1, -0.05) is 23.7 Å². The van der Waals surface area contributed by atoms with E-state index in [4.69, 9.17) is 21.8 Å². The predicted octanol–water partition coefficient (Wildman–Crippen LogP) is 1.12. The van der Waals surface area contributed by atoms with Gasteiger partial charge >= 0.3 is 0 Å². The van der Waals surface area contributed by atoms with Crippen molar-refractivity contribution in [2.75, 3.05) is 20.3 Å². The summed E-state index contributed by atoms with van der Waals surface area (Å²) >= 11 is 5.77. The van der Waals surface area contributed by atoms with E-state index in [0.717, 1.165) is 5.56 Å². The molecule has 0 saturated carbocycles. The van der Waals surface area contributed by atoms with E-state index in [0.29, 0.717) is 11.6 Å². The zero-order valence-corrected chi connectivity index (χ0v) is 9.48. The average molecular weight is 230 g/mol. The van der Waals surface area contributed by atoms with Crippen LogP contribution >= 0.6 is 11.6 Å². The van der Waals surface area contributed by atoms with Gasteiger partial charge in [0.25, 0.3) is 0 Å². The molecule has 0 bridgehead atoms. The van der Waals surface area contributed by atoms with Crippen LogP contribution in [0.2, 0.25) is 5.02 Å². The number of nitrogens with zero attached hydrogens (tertiary/aromatic N) is 1. The molecule has 0 fully saturated rings. The zero-order valence-electron chi connectivity index (χ0n) is 8.73. The van der Waals surface area contributed by atoms with Crippen molar-refractivity contribution in [2.24, 2.45) is 0 Å². The van der Waals surface area contributed by atoms with E-state index in [9.17, 15) is 0 Å². The van der Waals surface area contributed by atoms with E-state index in [-0.39, 0.29) is 19.3 Å². The molecule has 2 N–H and O–H groups in total. The van der Waals surface area contributed by atoms with Crippen LogP contribution in [0.15, 0.2) is 24.3 Å². The van der Waals surface area contributed by atoms with Crippen LogP contribution in [0, 0.1) is 0 Å². The molecule has 0 unspecified atom stereocenters. The van der Waals surface area contributed by atoms with Gasteiger partial charge in [0.1, 0.15) is 0 Å². The van der Waals surface area contributed by atoms with Crippen LogP contribution in [-0.2, 0) is 6.54 Å². The van der Waals surface area contributed by atoms with Gasteiger partial charge in [-0.2, -0.15) is 0 Å². The maximum absolute atomic E-state index is 9.00. The smallest absolute Gasteiger partial charge is 0.0609 e. The predicted molar refractivity (Wildman–Crippen MR) is 60.9 cm³/mol. The van der Waals surface area contributed by atoms with Crippen molar-refractivity contribution in [3.8, 4) is 0 Å². The first-order valence-electron chi connectivity index (χ1n) is 4.83. The Bertz CT molecular complexity index is 285. The molecule has 0 amide bonds. The topological polar surface area (TPSA) is 43.7 Å². The summed E-state index contributed by atoms with van der Waals surface area (Å²) in [5.74, 6) is 0. The lowest BCUT2D eigenvalue weighted by Gasteiger charge is -2.24. The molecule has 0 saturated heterocycles. The molecule has 1 aromatic rings. The van der Waals surface area contributed by atoms with Crippen molar-refractivity contribution in [1.29, 1.82) is 0 Å². The van der Waals surface area contributed by atoms with Crippen LogP contribution < -0.4 is 0 Å². The molecule has 0 aliphatic rings. The maximum Gasteiger partial charge on any atom is 0.0609 e. The summed E-state index contributed by atoms with van der Waals surface area (Å²) < 4.78 is 0. The van der Waals surface area contributed by atoms with Crippen LogP contribution in [0.4, 0.5) is 0 Å². The lowest BCUT2D eigenvalue weighted by Crippen LogP contribution is -2.37. The molecule has 0 aliphatic carbocycles. The summed E-state index contributed by atoms with van der Waals surface area (Å²) in [7, 11) is 1.87. The quantitative estimate of drug-likeness (QED) is 0.796. The Labute approximate surface area is 94.9 Å². The third-order valence-electron chi connectivity index (χ3n) is 2.39. The molecule has 84 valence electrons. The molecule has 4 heteroatoms. The molecule has 0 spiro atoms. The molecule has 3 nitrogen and oxygen atoms in total. The van der Waals surface area contributed by atoms with Gasteiger partial charge in [0, 0.05) is 11.6 Å². The number of hydrogen-bond acceptors (Lipinski definition) is 3. The highest BCUT2D eigenvalue weighted by molar-refractivity contribution is 6.30. The van der Waals surface area contributed by atoms with Crippen molar-refractivity contribution < 1.29 is 10.2 Å². The fourth-order valence-corrected chi connectivity index (χ4v) is 1.47. The van der Waals surface area contributed by atoms with Gasteiger partial charge in [-0.15, -0.1) is 0 Å². The molecule has 0 aromatic heterocycles. The number of rotatable bonds is 5. The zero-order chi connectivity index (χ0) is 11.3. The third-order valence-corrected chi connectivity index (χ3v) is 2.64. The van der Waals surface area contributed by atoms with Crippen molar-refractivity contribution in [2.45, 2.75) is 12.6 Å². The first-order valence-corrected chi connectivity index (χ1v) is 5.21. The number of hydrogen-bond donors (Lipinski definition) is 2. The van der Waals surface area contributed by atoms with E-state index in [1.807, 2.05) is 36.2 Å². The molecule has 15 heavy (non-hydrogen) atoms. The van der Waals surface area contributed by atoms with Crippen LogP contribution in [0.1, 0.15) is 5.56 Å². The van der Waals surface area contributed by atoms with Gasteiger partial charge < -0.3 is 10.2 Å². The number of aliphatic hydroxyl groups excluding tert-OH is 2. The average Bonchev–Trinajstić information content (AvgIpc) is 2.23. The first kappa shape index (κ1) is 12.5.